The third-order valence-corrected chi connectivity index (χ3v) is 3.77. The van der Waals surface area contributed by atoms with Crippen molar-refractivity contribution in [2.45, 2.75) is 26.8 Å². The van der Waals surface area contributed by atoms with Crippen LogP contribution in [-0.2, 0) is 0 Å². The first-order valence-electron chi connectivity index (χ1n) is 5.59. The summed E-state index contributed by atoms with van der Waals surface area (Å²) >= 11 is 1.69. The molecule has 0 amide bonds. The molecule has 2 heterocycles. The van der Waals surface area contributed by atoms with Gasteiger partial charge in [-0.25, -0.2) is 20.8 Å². The average Bonchev–Trinajstić information content (AvgIpc) is 2.69. The molecule has 2 aromatic rings. The Morgan fingerprint density at radius 1 is 1.28 bits per heavy atom. The number of hydrogen-bond donors (Lipinski definition) is 3. The molecule has 0 aliphatic carbocycles. The van der Waals surface area contributed by atoms with Crippen molar-refractivity contribution in [2.75, 3.05) is 10.7 Å². The largest absolute Gasteiger partial charge is 0.362 e. The Hall–Kier alpha value is -1.73. The van der Waals surface area contributed by atoms with E-state index >= 15 is 0 Å². The number of nitrogens with one attached hydrogen (secondary N) is 2. The lowest BCUT2D eigenvalue weighted by Crippen LogP contribution is -2.11. The summed E-state index contributed by atoms with van der Waals surface area (Å²) in [6.07, 6.45) is 1.47. The highest BCUT2D eigenvalue weighted by Crippen LogP contribution is 2.27. The lowest BCUT2D eigenvalue weighted by molar-refractivity contribution is 0.877. The Morgan fingerprint density at radius 3 is 2.61 bits per heavy atom. The van der Waals surface area contributed by atoms with Crippen molar-refractivity contribution in [3.63, 3.8) is 0 Å². The number of nitrogens with two attached hydrogens (primary N) is 1. The standard InChI is InChI=1S/C11H16N6S/c1-6-11(18-8(3)15-6)7(2)16-9-4-10(17-12)14-5-13-9/h4-5,7H,12H2,1-3H3,(H2,13,14,16,17). The minimum absolute atomic E-state index is 0.150. The Balaban J connectivity index is 2.15. The molecule has 4 N–H and O–H groups in total. The lowest BCUT2D eigenvalue weighted by atomic mass is 10.2. The summed E-state index contributed by atoms with van der Waals surface area (Å²) in [4.78, 5) is 13.8. The van der Waals surface area contributed by atoms with Crippen LogP contribution in [0.25, 0.3) is 0 Å². The van der Waals surface area contributed by atoms with E-state index in [0.717, 1.165) is 16.5 Å². The van der Waals surface area contributed by atoms with Gasteiger partial charge in [0.15, 0.2) is 0 Å². The van der Waals surface area contributed by atoms with Crippen LogP contribution in [0, 0.1) is 13.8 Å². The number of nitrogens with zero attached hydrogens (tertiary/aromatic N) is 3. The van der Waals surface area contributed by atoms with Crippen molar-refractivity contribution < 1.29 is 0 Å². The van der Waals surface area contributed by atoms with Crippen LogP contribution in [0.3, 0.4) is 0 Å². The van der Waals surface area contributed by atoms with Gasteiger partial charge in [0.2, 0.25) is 0 Å². The first kappa shape index (κ1) is 12.7. The van der Waals surface area contributed by atoms with Gasteiger partial charge in [-0.1, -0.05) is 0 Å². The van der Waals surface area contributed by atoms with E-state index in [2.05, 4.69) is 32.6 Å². The van der Waals surface area contributed by atoms with Crippen LogP contribution >= 0.6 is 11.3 Å². The van der Waals surface area contributed by atoms with E-state index in [9.17, 15) is 0 Å². The van der Waals surface area contributed by atoms with Gasteiger partial charge in [0.05, 0.1) is 16.7 Å². The van der Waals surface area contributed by atoms with Crippen LogP contribution in [0.1, 0.15) is 28.5 Å². The number of anilines is 2. The number of hydrogen-bond acceptors (Lipinski definition) is 7. The molecule has 0 aliphatic rings. The molecule has 0 saturated carbocycles. The number of nitrogen functional groups attached to an aromatic ring is 1. The summed E-state index contributed by atoms with van der Waals surface area (Å²) in [5.41, 5.74) is 3.55. The van der Waals surface area contributed by atoms with Crippen molar-refractivity contribution in [2.24, 2.45) is 5.84 Å². The molecule has 0 aliphatic heterocycles. The predicted molar refractivity (Wildman–Crippen MR) is 73.5 cm³/mol. The second-order valence-electron chi connectivity index (χ2n) is 3.98. The second kappa shape index (κ2) is 5.28. The van der Waals surface area contributed by atoms with Crippen LogP contribution in [0.15, 0.2) is 12.4 Å². The van der Waals surface area contributed by atoms with Crippen LogP contribution in [0.4, 0.5) is 11.6 Å². The van der Waals surface area contributed by atoms with Gasteiger partial charge in [-0.3, -0.25) is 0 Å². The maximum absolute atomic E-state index is 5.31. The molecule has 0 bridgehead atoms. The van der Waals surface area contributed by atoms with Crippen LogP contribution in [-0.4, -0.2) is 15.0 Å². The molecular formula is C11H16N6S. The zero-order valence-electron chi connectivity index (χ0n) is 10.6. The van der Waals surface area contributed by atoms with Gasteiger partial charge in [-0.05, 0) is 20.8 Å². The normalized spacial score (nSPS) is 12.2. The zero-order chi connectivity index (χ0) is 13.1. The van der Waals surface area contributed by atoms with Crippen molar-refractivity contribution in [3.05, 3.63) is 28.0 Å². The van der Waals surface area contributed by atoms with Crippen LogP contribution < -0.4 is 16.6 Å². The molecule has 18 heavy (non-hydrogen) atoms. The molecule has 2 rings (SSSR count). The molecular weight excluding hydrogens is 248 g/mol. The smallest absolute Gasteiger partial charge is 0.145 e. The molecule has 7 heteroatoms. The quantitative estimate of drug-likeness (QED) is 0.578. The Labute approximate surface area is 110 Å². The second-order valence-corrected chi connectivity index (χ2v) is 5.22. The van der Waals surface area contributed by atoms with Crippen molar-refractivity contribution in [3.8, 4) is 0 Å². The summed E-state index contributed by atoms with van der Waals surface area (Å²) in [6, 6.07) is 1.91. The molecule has 1 unspecified atom stereocenters. The summed E-state index contributed by atoms with van der Waals surface area (Å²) in [5.74, 6) is 6.62. The minimum Gasteiger partial charge on any atom is -0.362 e. The third kappa shape index (κ3) is 2.74. The fraction of sp³-hybridized carbons (Fsp3) is 0.364. The molecule has 0 spiro atoms. The van der Waals surface area contributed by atoms with Crippen LogP contribution in [0.2, 0.25) is 0 Å². The van der Waals surface area contributed by atoms with Gasteiger partial charge >= 0.3 is 0 Å². The number of hydrazine groups is 1. The molecule has 96 valence electrons. The van der Waals surface area contributed by atoms with Gasteiger partial charge in [0.25, 0.3) is 0 Å². The topological polar surface area (TPSA) is 88.8 Å². The summed E-state index contributed by atoms with van der Waals surface area (Å²) in [5, 5.41) is 4.38. The summed E-state index contributed by atoms with van der Waals surface area (Å²) < 4.78 is 0. The average molecular weight is 264 g/mol. The van der Waals surface area contributed by atoms with Gasteiger partial charge in [0, 0.05) is 10.9 Å². The highest BCUT2D eigenvalue weighted by atomic mass is 32.1. The molecule has 0 radical (unpaired) electrons. The van der Waals surface area contributed by atoms with E-state index in [0.29, 0.717) is 5.82 Å². The first-order valence-corrected chi connectivity index (χ1v) is 6.41. The van der Waals surface area contributed by atoms with Crippen molar-refractivity contribution in [1.82, 2.24) is 15.0 Å². The molecule has 6 nitrogen and oxygen atoms in total. The van der Waals surface area contributed by atoms with Gasteiger partial charge < -0.3 is 10.7 Å². The Morgan fingerprint density at radius 2 is 2.00 bits per heavy atom. The third-order valence-electron chi connectivity index (χ3n) is 2.51. The van der Waals surface area contributed by atoms with Gasteiger partial charge in [-0.15, -0.1) is 11.3 Å². The monoisotopic (exact) mass is 264 g/mol. The first-order chi connectivity index (χ1) is 8.60. The predicted octanol–water partition coefficient (Wildman–Crippen LogP) is 2.01. The van der Waals surface area contributed by atoms with Crippen molar-refractivity contribution >= 4 is 23.0 Å². The van der Waals surface area contributed by atoms with E-state index in [1.807, 2.05) is 13.8 Å². The van der Waals surface area contributed by atoms with Crippen molar-refractivity contribution in [1.29, 1.82) is 0 Å². The van der Waals surface area contributed by atoms with E-state index in [1.165, 1.54) is 11.2 Å². The fourth-order valence-corrected chi connectivity index (χ4v) is 2.68. The molecule has 0 saturated heterocycles. The lowest BCUT2D eigenvalue weighted by Gasteiger charge is -2.13. The maximum Gasteiger partial charge on any atom is 0.145 e. The fourth-order valence-electron chi connectivity index (χ4n) is 1.75. The molecule has 2 aromatic heterocycles. The maximum atomic E-state index is 5.31. The Kier molecular flexibility index (Phi) is 3.73. The summed E-state index contributed by atoms with van der Waals surface area (Å²) in [6.45, 7) is 6.11. The highest BCUT2D eigenvalue weighted by Gasteiger charge is 2.13. The van der Waals surface area contributed by atoms with Crippen LogP contribution in [0.5, 0.6) is 0 Å². The zero-order valence-corrected chi connectivity index (χ0v) is 11.4. The minimum atomic E-state index is 0.150. The molecule has 0 aromatic carbocycles. The van der Waals surface area contributed by atoms with Gasteiger partial charge in [0.1, 0.15) is 18.0 Å². The molecule has 0 fully saturated rings. The Bertz CT molecular complexity index is 538. The van der Waals surface area contributed by atoms with E-state index in [4.69, 9.17) is 5.84 Å². The SMILES string of the molecule is Cc1nc(C)c(C(C)Nc2cc(NN)ncn2)s1. The summed E-state index contributed by atoms with van der Waals surface area (Å²) in [7, 11) is 0. The van der Waals surface area contributed by atoms with E-state index in [-0.39, 0.29) is 6.04 Å². The number of aryl methyl sites for hydroxylation is 2. The molecule has 1 atom stereocenters. The number of rotatable bonds is 4. The van der Waals surface area contributed by atoms with E-state index in [1.54, 1.807) is 17.4 Å². The van der Waals surface area contributed by atoms with E-state index < -0.39 is 0 Å². The van der Waals surface area contributed by atoms with Gasteiger partial charge in [-0.2, -0.15) is 0 Å². The number of thiazole rings is 1. The highest BCUT2D eigenvalue weighted by molar-refractivity contribution is 7.11. The number of aromatic nitrogens is 3.